The van der Waals surface area contributed by atoms with Gasteiger partial charge in [0.1, 0.15) is 0 Å². The molecule has 0 spiro atoms. The molecule has 1 aliphatic heterocycles. The zero-order valence-electron chi connectivity index (χ0n) is 18.9. The van der Waals surface area contributed by atoms with Crippen molar-refractivity contribution in [3.63, 3.8) is 0 Å². The number of nitrogens with zero attached hydrogens (tertiary/aromatic N) is 1. The smallest absolute Gasteiger partial charge is 0.243 e. The maximum atomic E-state index is 12.7. The molecule has 0 aliphatic carbocycles. The van der Waals surface area contributed by atoms with E-state index in [1.807, 2.05) is 32.0 Å². The predicted molar refractivity (Wildman–Crippen MR) is 128 cm³/mol. The summed E-state index contributed by atoms with van der Waals surface area (Å²) in [6.45, 7) is 5.25. The van der Waals surface area contributed by atoms with Crippen LogP contribution >= 0.6 is 0 Å². The zero-order valence-corrected chi connectivity index (χ0v) is 19.7. The summed E-state index contributed by atoms with van der Waals surface area (Å²) in [5, 5.41) is 8.71. The lowest BCUT2D eigenvalue weighted by Crippen LogP contribution is -2.40. The van der Waals surface area contributed by atoms with Gasteiger partial charge in [0.2, 0.25) is 21.8 Å². The number of rotatable bonds is 9. The summed E-state index contributed by atoms with van der Waals surface area (Å²) in [5.41, 5.74) is 2.79. The van der Waals surface area contributed by atoms with Crippen LogP contribution in [-0.2, 0) is 24.3 Å². The van der Waals surface area contributed by atoms with Gasteiger partial charge in [-0.15, -0.1) is 0 Å². The molecule has 0 unspecified atom stereocenters. The third-order valence-corrected chi connectivity index (χ3v) is 7.18. The van der Waals surface area contributed by atoms with Crippen molar-refractivity contribution >= 4 is 38.9 Å². The van der Waals surface area contributed by atoms with Crippen LogP contribution in [0.3, 0.4) is 0 Å². The largest absolute Gasteiger partial charge is 0.379 e. The Morgan fingerprint density at radius 2 is 1.64 bits per heavy atom. The van der Waals surface area contributed by atoms with Gasteiger partial charge in [-0.25, -0.2) is 8.42 Å². The second kappa shape index (κ2) is 11.3. The second-order valence-corrected chi connectivity index (χ2v) is 9.66. The molecule has 178 valence electrons. The number of hydrogen-bond donors (Lipinski definition) is 3. The van der Waals surface area contributed by atoms with Gasteiger partial charge in [0.05, 0.1) is 24.7 Å². The number of carbonyl (C=O) groups is 2. The molecule has 3 N–H and O–H groups in total. The lowest BCUT2D eigenvalue weighted by atomic mass is 10.1. The van der Waals surface area contributed by atoms with Crippen molar-refractivity contribution < 1.29 is 22.7 Å². The number of anilines is 3. The van der Waals surface area contributed by atoms with Crippen molar-refractivity contribution in [3.05, 3.63) is 48.0 Å². The molecule has 1 fully saturated rings. The fourth-order valence-corrected chi connectivity index (χ4v) is 4.84. The third-order valence-electron chi connectivity index (χ3n) is 5.27. The lowest BCUT2D eigenvalue weighted by molar-refractivity contribution is -0.116. The van der Waals surface area contributed by atoms with Crippen LogP contribution in [0.1, 0.15) is 25.3 Å². The average molecular weight is 475 g/mol. The number of carbonyl (C=O) groups excluding carboxylic acids is 2. The van der Waals surface area contributed by atoms with Crippen LogP contribution in [0.25, 0.3) is 0 Å². The third kappa shape index (κ3) is 6.53. The Hall–Kier alpha value is -2.95. The number of amides is 2. The molecule has 3 rings (SSSR count). The van der Waals surface area contributed by atoms with Crippen LogP contribution in [-0.4, -0.2) is 57.4 Å². The molecular weight excluding hydrogens is 444 g/mol. The fraction of sp³-hybridized carbons (Fsp3) is 0.391. The SMILES string of the molecule is CCCC(=O)Nc1cccc(NCC(=O)Nc2ccc(S(=O)(=O)N3CCOCC3)cc2)c1C. The van der Waals surface area contributed by atoms with E-state index >= 15 is 0 Å². The molecule has 33 heavy (non-hydrogen) atoms. The van der Waals surface area contributed by atoms with Gasteiger partial charge in [-0.05, 0) is 55.3 Å². The van der Waals surface area contributed by atoms with Crippen LogP contribution in [0.2, 0.25) is 0 Å². The van der Waals surface area contributed by atoms with Crippen molar-refractivity contribution in [3.8, 4) is 0 Å². The Kier molecular flexibility index (Phi) is 8.43. The summed E-state index contributed by atoms with van der Waals surface area (Å²) in [6.07, 6.45) is 1.22. The van der Waals surface area contributed by atoms with Crippen molar-refractivity contribution in [2.45, 2.75) is 31.6 Å². The fourth-order valence-electron chi connectivity index (χ4n) is 3.43. The monoisotopic (exact) mass is 474 g/mol. The molecule has 2 amide bonds. The number of benzene rings is 2. The van der Waals surface area contributed by atoms with Gasteiger partial charge in [0.15, 0.2) is 0 Å². The molecule has 2 aromatic carbocycles. The number of morpholine rings is 1. The second-order valence-electron chi connectivity index (χ2n) is 7.72. The first-order valence-corrected chi connectivity index (χ1v) is 12.4. The van der Waals surface area contributed by atoms with Crippen LogP contribution in [0.15, 0.2) is 47.4 Å². The molecule has 1 saturated heterocycles. The van der Waals surface area contributed by atoms with E-state index in [0.29, 0.717) is 44.1 Å². The summed E-state index contributed by atoms with van der Waals surface area (Å²) < 4.78 is 32.0. The van der Waals surface area contributed by atoms with Crippen LogP contribution in [0, 0.1) is 6.92 Å². The minimum absolute atomic E-state index is 0.0149. The predicted octanol–water partition coefficient (Wildman–Crippen LogP) is 2.81. The Bertz CT molecular complexity index is 1080. The normalized spacial score (nSPS) is 14.5. The Morgan fingerprint density at radius 1 is 0.970 bits per heavy atom. The Labute approximate surface area is 194 Å². The molecule has 10 heteroatoms. The summed E-state index contributed by atoms with van der Waals surface area (Å²) in [7, 11) is -3.58. The molecule has 1 aliphatic rings. The maximum Gasteiger partial charge on any atom is 0.243 e. The van der Waals surface area contributed by atoms with E-state index < -0.39 is 10.0 Å². The molecule has 0 bridgehead atoms. The van der Waals surface area contributed by atoms with E-state index in [4.69, 9.17) is 4.74 Å². The molecule has 0 atom stereocenters. The van der Waals surface area contributed by atoms with Gasteiger partial charge < -0.3 is 20.7 Å². The van der Waals surface area contributed by atoms with E-state index in [-0.39, 0.29) is 23.3 Å². The topological polar surface area (TPSA) is 117 Å². The number of hydrogen-bond acceptors (Lipinski definition) is 6. The molecule has 9 nitrogen and oxygen atoms in total. The van der Waals surface area contributed by atoms with Gasteiger partial charge in [-0.1, -0.05) is 13.0 Å². The van der Waals surface area contributed by atoms with Crippen molar-refractivity contribution in [2.24, 2.45) is 0 Å². The average Bonchev–Trinajstić information content (AvgIpc) is 2.81. The van der Waals surface area contributed by atoms with Crippen LogP contribution in [0.4, 0.5) is 17.1 Å². The van der Waals surface area contributed by atoms with E-state index in [2.05, 4.69) is 16.0 Å². The molecule has 1 heterocycles. The summed E-state index contributed by atoms with van der Waals surface area (Å²) in [5.74, 6) is -0.326. The van der Waals surface area contributed by atoms with E-state index in [1.54, 1.807) is 12.1 Å². The van der Waals surface area contributed by atoms with Crippen LogP contribution < -0.4 is 16.0 Å². The highest BCUT2D eigenvalue weighted by Crippen LogP contribution is 2.24. The Balaban J connectivity index is 1.56. The van der Waals surface area contributed by atoms with Gasteiger partial charge in [0, 0.05) is 36.6 Å². The lowest BCUT2D eigenvalue weighted by Gasteiger charge is -2.26. The van der Waals surface area contributed by atoms with Gasteiger partial charge in [0.25, 0.3) is 0 Å². The molecule has 0 aromatic heterocycles. The first-order chi connectivity index (χ1) is 15.8. The first kappa shape index (κ1) is 24.7. The highest BCUT2D eigenvalue weighted by molar-refractivity contribution is 7.89. The number of ether oxygens (including phenoxy) is 1. The highest BCUT2D eigenvalue weighted by Gasteiger charge is 2.26. The number of nitrogens with one attached hydrogen (secondary N) is 3. The summed E-state index contributed by atoms with van der Waals surface area (Å²) >= 11 is 0. The molecule has 0 radical (unpaired) electrons. The minimum Gasteiger partial charge on any atom is -0.379 e. The maximum absolute atomic E-state index is 12.7. The summed E-state index contributed by atoms with van der Waals surface area (Å²) in [6, 6.07) is 11.6. The molecule has 0 saturated carbocycles. The van der Waals surface area contributed by atoms with E-state index in [0.717, 1.165) is 17.7 Å². The van der Waals surface area contributed by atoms with Crippen molar-refractivity contribution in [1.82, 2.24) is 4.31 Å². The van der Waals surface area contributed by atoms with E-state index in [1.165, 1.54) is 16.4 Å². The molecular formula is C23H30N4O5S. The van der Waals surface area contributed by atoms with Gasteiger partial charge >= 0.3 is 0 Å². The van der Waals surface area contributed by atoms with E-state index in [9.17, 15) is 18.0 Å². The zero-order chi connectivity index (χ0) is 23.8. The number of sulfonamides is 1. The summed E-state index contributed by atoms with van der Waals surface area (Å²) in [4.78, 5) is 24.4. The first-order valence-electron chi connectivity index (χ1n) is 10.9. The quantitative estimate of drug-likeness (QED) is 0.515. The van der Waals surface area contributed by atoms with Crippen molar-refractivity contribution in [1.29, 1.82) is 0 Å². The molecule has 2 aromatic rings. The highest BCUT2D eigenvalue weighted by atomic mass is 32.2. The standard InChI is InChI=1S/C23H30N4O5S/c1-3-5-22(28)26-21-7-4-6-20(17(21)2)24-16-23(29)25-18-8-10-19(11-9-18)33(30,31)27-12-14-32-15-13-27/h4,6-11,24H,3,5,12-16H2,1-2H3,(H,25,29)(H,26,28). The van der Waals surface area contributed by atoms with Gasteiger partial charge in [-0.2, -0.15) is 4.31 Å². The van der Waals surface area contributed by atoms with Crippen molar-refractivity contribution in [2.75, 3.05) is 48.8 Å². The van der Waals surface area contributed by atoms with Gasteiger partial charge in [-0.3, -0.25) is 9.59 Å². The minimum atomic E-state index is -3.58. The Morgan fingerprint density at radius 3 is 2.30 bits per heavy atom. The van der Waals surface area contributed by atoms with Crippen LogP contribution in [0.5, 0.6) is 0 Å².